The van der Waals surface area contributed by atoms with Crippen molar-refractivity contribution < 1.29 is 4.42 Å². The van der Waals surface area contributed by atoms with Crippen LogP contribution in [0.15, 0.2) is 229 Å². The molecule has 0 saturated carbocycles. The van der Waals surface area contributed by atoms with Gasteiger partial charge in [-0.3, -0.25) is 0 Å². The minimum Gasteiger partial charge on any atom is -0.456 e. The molecule has 10 aromatic carbocycles. The molecule has 0 unspecified atom stereocenters. The molecule has 0 spiro atoms. The average molecular weight is 806 g/mol. The van der Waals surface area contributed by atoms with E-state index in [-0.39, 0.29) is 5.41 Å². The van der Waals surface area contributed by atoms with E-state index in [0.29, 0.717) is 0 Å². The minimum atomic E-state index is -0.102. The fourth-order valence-corrected chi connectivity index (χ4v) is 10.2. The van der Waals surface area contributed by atoms with Crippen LogP contribution >= 0.6 is 0 Å². The molecule has 0 bridgehead atoms. The Bertz CT molecular complexity index is 3520. The Hall–Kier alpha value is -7.94. The number of para-hydroxylation sites is 2. The first-order valence-corrected chi connectivity index (χ1v) is 21.8. The topological polar surface area (TPSA) is 16.4 Å². The number of hydrogen-bond donors (Lipinski definition) is 0. The summed E-state index contributed by atoms with van der Waals surface area (Å²) in [6.45, 7) is 4.71. The quantitative estimate of drug-likeness (QED) is 0.160. The number of nitrogens with zero attached hydrogens (tertiary/aromatic N) is 1. The van der Waals surface area contributed by atoms with E-state index in [4.69, 9.17) is 4.42 Å². The van der Waals surface area contributed by atoms with Gasteiger partial charge in [-0.15, -0.1) is 0 Å². The van der Waals surface area contributed by atoms with Crippen LogP contribution in [-0.2, 0) is 5.41 Å². The summed E-state index contributed by atoms with van der Waals surface area (Å²) in [7, 11) is 0. The Kier molecular flexibility index (Phi) is 8.55. The van der Waals surface area contributed by atoms with E-state index in [9.17, 15) is 0 Å². The molecule has 0 N–H and O–H groups in total. The SMILES string of the molecule is CC1(C)c2ccccc2-c2c(-c3ccccc3N(c3ccc(-c4ccc5c(c4)oc4ccccc45)cc3)c3ccc(-c4cccc5cccc(-c6ccccc6)c45)cc3)cccc21. The third kappa shape index (κ3) is 6.02. The van der Waals surface area contributed by atoms with Gasteiger partial charge in [-0.2, -0.15) is 0 Å². The van der Waals surface area contributed by atoms with Crippen molar-refractivity contribution in [3.05, 3.63) is 236 Å². The van der Waals surface area contributed by atoms with Crippen LogP contribution in [0.5, 0.6) is 0 Å². The molecule has 1 aliphatic rings. The van der Waals surface area contributed by atoms with E-state index in [0.717, 1.165) is 50.1 Å². The Balaban J connectivity index is 1.01. The van der Waals surface area contributed by atoms with Crippen LogP contribution in [0.2, 0.25) is 0 Å². The maximum Gasteiger partial charge on any atom is 0.136 e. The largest absolute Gasteiger partial charge is 0.456 e. The van der Waals surface area contributed by atoms with Crippen molar-refractivity contribution in [2.45, 2.75) is 19.3 Å². The van der Waals surface area contributed by atoms with E-state index in [2.05, 4.69) is 231 Å². The molecular weight excluding hydrogens is 763 g/mol. The molecule has 0 atom stereocenters. The fraction of sp³-hybridized carbons (Fsp3) is 0.0492. The Labute approximate surface area is 368 Å². The number of hydrogen-bond acceptors (Lipinski definition) is 2. The van der Waals surface area contributed by atoms with Crippen LogP contribution in [0.3, 0.4) is 0 Å². The highest BCUT2D eigenvalue weighted by Gasteiger charge is 2.37. The summed E-state index contributed by atoms with van der Waals surface area (Å²) in [5.41, 5.74) is 19.9. The summed E-state index contributed by atoms with van der Waals surface area (Å²) in [5, 5.41) is 4.77. The number of fused-ring (bicyclic) bond motifs is 7. The zero-order valence-electron chi connectivity index (χ0n) is 35.2. The number of benzene rings is 10. The highest BCUT2D eigenvalue weighted by molar-refractivity contribution is 6.07. The first-order valence-electron chi connectivity index (χ1n) is 21.8. The lowest BCUT2D eigenvalue weighted by Crippen LogP contribution is -2.14. The smallest absolute Gasteiger partial charge is 0.136 e. The van der Waals surface area contributed by atoms with Gasteiger partial charge in [0, 0.05) is 33.1 Å². The van der Waals surface area contributed by atoms with E-state index in [1.54, 1.807) is 0 Å². The summed E-state index contributed by atoms with van der Waals surface area (Å²) < 4.78 is 6.30. The monoisotopic (exact) mass is 805 g/mol. The van der Waals surface area contributed by atoms with Crippen LogP contribution in [0.25, 0.3) is 88.3 Å². The van der Waals surface area contributed by atoms with Crippen molar-refractivity contribution in [2.24, 2.45) is 0 Å². The van der Waals surface area contributed by atoms with Gasteiger partial charge in [0.2, 0.25) is 0 Å². The van der Waals surface area contributed by atoms with Crippen molar-refractivity contribution in [1.29, 1.82) is 0 Å². The second-order valence-electron chi connectivity index (χ2n) is 17.2. The van der Waals surface area contributed by atoms with Crippen molar-refractivity contribution in [3.63, 3.8) is 0 Å². The van der Waals surface area contributed by atoms with Gasteiger partial charge in [-0.25, -0.2) is 0 Å². The highest BCUT2D eigenvalue weighted by atomic mass is 16.3. The summed E-state index contributed by atoms with van der Waals surface area (Å²) in [6.07, 6.45) is 0. The normalized spacial score (nSPS) is 12.7. The Morgan fingerprint density at radius 1 is 0.365 bits per heavy atom. The van der Waals surface area contributed by atoms with E-state index in [1.165, 1.54) is 66.4 Å². The van der Waals surface area contributed by atoms with Crippen molar-refractivity contribution >= 4 is 49.8 Å². The molecule has 11 aromatic rings. The molecular formula is C61H43NO. The molecule has 0 aliphatic heterocycles. The van der Waals surface area contributed by atoms with E-state index in [1.807, 2.05) is 12.1 Å². The molecule has 0 saturated heterocycles. The molecule has 63 heavy (non-hydrogen) atoms. The maximum atomic E-state index is 6.30. The summed E-state index contributed by atoms with van der Waals surface area (Å²) in [4.78, 5) is 2.43. The second-order valence-corrected chi connectivity index (χ2v) is 17.2. The lowest BCUT2D eigenvalue weighted by atomic mass is 9.82. The van der Waals surface area contributed by atoms with Gasteiger partial charge in [0.05, 0.1) is 5.69 Å². The van der Waals surface area contributed by atoms with Gasteiger partial charge in [0.1, 0.15) is 11.2 Å². The van der Waals surface area contributed by atoms with Crippen molar-refractivity contribution in [3.8, 4) is 55.6 Å². The third-order valence-electron chi connectivity index (χ3n) is 13.3. The molecule has 1 aromatic heterocycles. The van der Waals surface area contributed by atoms with Gasteiger partial charge in [0.25, 0.3) is 0 Å². The zero-order valence-corrected chi connectivity index (χ0v) is 35.2. The average Bonchev–Trinajstić information content (AvgIpc) is 3.83. The molecule has 1 aliphatic carbocycles. The van der Waals surface area contributed by atoms with E-state index < -0.39 is 0 Å². The fourth-order valence-electron chi connectivity index (χ4n) is 10.2. The number of rotatable bonds is 7. The Morgan fingerprint density at radius 3 is 1.67 bits per heavy atom. The van der Waals surface area contributed by atoms with E-state index >= 15 is 0 Å². The van der Waals surface area contributed by atoms with Crippen LogP contribution in [0, 0.1) is 0 Å². The molecule has 0 radical (unpaired) electrons. The molecule has 298 valence electrons. The zero-order chi connectivity index (χ0) is 42.1. The maximum absolute atomic E-state index is 6.30. The lowest BCUT2D eigenvalue weighted by Gasteiger charge is -2.29. The van der Waals surface area contributed by atoms with Crippen LogP contribution in [0.4, 0.5) is 17.1 Å². The van der Waals surface area contributed by atoms with Gasteiger partial charge in [0.15, 0.2) is 0 Å². The molecule has 0 amide bonds. The summed E-state index contributed by atoms with van der Waals surface area (Å²) in [6, 6.07) is 81.7. The van der Waals surface area contributed by atoms with Crippen LogP contribution < -0.4 is 4.90 Å². The summed E-state index contributed by atoms with van der Waals surface area (Å²) >= 11 is 0. The van der Waals surface area contributed by atoms with Gasteiger partial charge in [-0.1, -0.05) is 190 Å². The molecule has 12 rings (SSSR count). The first-order chi connectivity index (χ1) is 31.0. The minimum absolute atomic E-state index is 0.102. The van der Waals surface area contributed by atoms with Crippen molar-refractivity contribution in [2.75, 3.05) is 4.90 Å². The predicted octanol–water partition coefficient (Wildman–Crippen LogP) is 17.2. The Morgan fingerprint density at radius 2 is 0.905 bits per heavy atom. The molecule has 1 heterocycles. The van der Waals surface area contributed by atoms with Crippen LogP contribution in [-0.4, -0.2) is 0 Å². The van der Waals surface area contributed by atoms with Gasteiger partial charge < -0.3 is 9.32 Å². The number of furan rings is 1. The van der Waals surface area contributed by atoms with Gasteiger partial charge in [-0.05, 0) is 121 Å². The summed E-state index contributed by atoms with van der Waals surface area (Å²) in [5.74, 6) is 0. The molecule has 0 fully saturated rings. The second kappa shape index (κ2) is 14.6. The first kappa shape index (κ1) is 36.9. The predicted molar refractivity (Wildman–Crippen MR) is 265 cm³/mol. The highest BCUT2D eigenvalue weighted by Crippen LogP contribution is 2.54. The van der Waals surface area contributed by atoms with Crippen LogP contribution in [0.1, 0.15) is 25.0 Å². The third-order valence-corrected chi connectivity index (χ3v) is 13.3. The lowest BCUT2D eigenvalue weighted by molar-refractivity contribution is 0.660. The van der Waals surface area contributed by atoms with Crippen molar-refractivity contribution in [1.82, 2.24) is 0 Å². The molecule has 2 heteroatoms. The standard InChI is InChI=1S/C61H43NO/c1-61(2)54-25-9-6-21-53(54)60-52(24-14-26-55(60)61)49-19-7-10-27-56(49)62(45-34-29-40(30-35-45)44-33-38-51-50-20-8-11-28-57(50)63-58(51)39-44)46-36-31-42(32-37-46)48-23-13-18-43-17-12-22-47(59(43)48)41-15-4-3-5-16-41/h3-39H,1-2H3. The number of anilines is 3. The molecule has 2 nitrogen and oxygen atoms in total. The van der Waals surface area contributed by atoms with Gasteiger partial charge >= 0.3 is 0 Å².